The molecule has 0 N–H and O–H groups in total. The first kappa shape index (κ1) is 12.7. The normalized spacial score (nSPS) is 11.6. The highest BCUT2D eigenvalue weighted by Gasteiger charge is 2.30. The van der Waals surface area contributed by atoms with Crippen LogP contribution in [0, 0.1) is 0 Å². The molecule has 0 aliphatic rings. The van der Waals surface area contributed by atoms with Gasteiger partial charge in [0.05, 0.1) is 5.56 Å². The van der Waals surface area contributed by atoms with E-state index < -0.39 is 17.3 Å². The molecule has 1 aromatic carbocycles. The van der Waals surface area contributed by atoms with Crippen molar-refractivity contribution in [2.24, 2.45) is 0 Å². The van der Waals surface area contributed by atoms with Crippen LogP contribution in [0.2, 0.25) is 5.02 Å². The number of nitrogens with zero attached hydrogens (tertiary/aromatic N) is 1. The Balaban J connectivity index is 2.48. The maximum atomic E-state index is 12.4. The van der Waals surface area contributed by atoms with Crippen LogP contribution >= 0.6 is 11.6 Å². The molecule has 0 fully saturated rings. The van der Waals surface area contributed by atoms with Crippen LogP contribution in [0.1, 0.15) is 5.56 Å². The molecule has 2 nitrogen and oxygen atoms in total. The van der Waals surface area contributed by atoms with Gasteiger partial charge in [0, 0.05) is 23.0 Å². The minimum atomic E-state index is -4.52. The Labute approximate surface area is 105 Å². The lowest BCUT2D eigenvalue weighted by Gasteiger charge is -2.09. The van der Waals surface area contributed by atoms with Crippen molar-refractivity contribution < 1.29 is 13.2 Å². The summed E-state index contributed by atoms with van der Waals surface area (Å²) in [5.74, 6) is 0. The second kappa shape index (κ2) is 4.49. The second-order valence-electron chi connectivity index (χ2n) is 3.60. The van der Waals surface area contributed by atoms with E-state index in [9.17, 15) is 18.0 Å². The van der Waals surface area contributed by atoms with Gasteiger partial charge < -0.3 is 0 Å². The summed E-state index contributed by atoms with van der Waals surface area (Å²) in [5.41, 5.74) is -1.25. The van der Waals surface area contributed by atoms with Crippen molar-refractivity contribution in [1.29, 1.82) is 0 Å². The molecular formula is C12H7ClF3NO. The number of aromatic nitrogens is 1. The van der Waals surface area contributed by atoms with Gasteiger partial charge in [-0.3, -0.25) is 9.36 Å². The fraction of sp³-hybridized carbons (Fsp3) is 0.0833. The molecule has 0 aliphatic heterocycles. The van der Waals surface area contributed by atoms with Crippen molar-refractivity contribution in [1.82, 2.24) is 4.57 Å². The van der Waals surface area contributed by atoms with Crippen molar-refractivity contribution in [2.45, 2.75) is 6.18 Å². The number of benzene rings is 1. The van der Waals surface area contributed by atoms with E-state index in [1.807, 2.05) is 0 Å². The Kier molecular flexibility index (Phi) is 3.17. The molecule has 0 amide bonds. The first-order valence-corrected chi connectivity index (χ1v) is 5.31. The lowest BCUT2D eigenvalue weighted by molar-refractivity contribution is -0.137. The zero-order valence-electron chi connectivity index (χ0n) is 8.91. The standard InChI is InChI=1S/C12H7ClF3NO/c13-9-1-3-10(4-2-9)17-6-5-8(7-11(17)18)12(14,15)16/h1-7H. The molecule has 18 heavy (non-hydrogen) atoms. The molecule has 0 saturated heterocycles. The highest BCUT2D eigenvalue weighted by atomic mass is 35.5. The summed E-state index contributed by atoms with van der Waals surface area (Å²) in [7, 11) is 0. The fourth-order valence-corrected chi connectivity index (χ4v) is 1.60. The van der Waals surface area contributed by atoms with E-state index in [0.717, 1.165) is 16.8 Å². The molecule has 1 heterocycles. The van der Waals surface area contributed by atoms with Gasteiger partial charge in [0.25, 0.3) is 5.56 Å². The summed E-state index contributed by atoms with van der Waals surface area (Å²) >= 11 is 5.69. The van der Waals surface area contributed by atoms with E-state index in [2.05, 4.69) is 0 Å². The summed E-state index contributed by atoms with van der Waals surface area (Å²) in [6.07, 6.45) is -3.42. The zero-order chi connectivity index (χ0) is 13.3. The third-order valence-electron chi connectivity index (χ3n) is 2.35. The molecule has 0 saturated carbocycles. The molecule has 0 bridgehead atoms. The van der Waals surface area contributed by atoms with E-state index in [1.165, 1.54) is 0 Å². The van der Waals surface area contributed by atoms with Crippen LogP contribution in [0.15, 0.2) is 47.4 Å². The van der Waals surface area contributed by atoms with Gasteiger partial charge in [-0.2, -0.15) is 13.2 Å². The summed E-state index contributed by atoms with van der Waals surface area (Å²) in [5, 5.41) is 0.485. The minimum absolute atomic E-state index is 0.457. The summed E-state index contributed by atoms with van der Waals surface area (Å²) < 4.78 is 38.3. The summed E-state index contributed by atoms with van der Waals surface area (Å²) in [4.78, 5) is 11.6. The van der Waals surface area contributed by atoms with Crippen LogP contribution in [0.4, 0.5) is 13.2 Å². The lowest BCUT2D eigenvalue weighted by atomic mass is 10.2. The molecule has 0 aliphatic carbocycles. The van der Waals surface area contributed by atoms with E-state index in [1.54, 1.807) is 24.3 Å². The predicted molar refractivity (Wildman–Crippen MR) is 62.1 cm³/mol. The van der Waals surface area contributed by atoms with Gasteiger partial charge in [-0.1, -0.05) is 11.6 Å². The minimum Gasteiger partial charge on any atom is -0.284 e. The predicted octanol–water partition coefficient (Wildman–Crippen LogP) is 3.51. The van der Waals surface area contributed by atoms with Crippen molar-refractivity contribution in [3.63, 3.8) is 0 Å². The average molecular weight is 274 g/mol. The molecule has 0 spiro atoms. The van der Waals surface area contributed by atoms with Gasteiger partial charge in [-0.15, -0.1) is 0 Å². The lowest BCUT2D eigenvalue weighted by Crippen LogP contribution is -2.19. The topological polar surface area (TPSA) is 22.0 Å². The molecule has 6 heteroatoms. The van der Waals surface area contributed by atoms with E-state index in [-0.39, 0.29) is 0 Å². The Bertz CT molecular complexity index is 616. The molecule has 0 unspecified atom stereocenters. The first-order valence-electron chi connectivity index (χ1n) is 4.94. The Hall–Kier alpha value is -1.75. The number of halogens is 4. The largest absolute Gasteiger partial charge is 0.416 e. The molecule has 0 radical (unpaired) electrons. The summed E-state index contributed by atoms with van der Waals surface area (Å²) in [6.45, 7) is 0. The van der Waals surface area contributed by atoms with Crippen LogP contribution in [-0.2, 0) is 6.18 Å². The molecule has 2 aromatic rings. The number of pyridine rings is 1. The van der Waals surface area contributed by atoms with Gasteiger partial charge in [-0.25, -0.2) is 0 Å². The van der Waals surface area contributed by atoms with Crippen LogP contribution in [0.5, 0.6) is 0 Å². The highest BCUT2D eigenvalue weighted by Crippen LogP contribution is 2.27. The molecule has 94 valence electrons. The molecular weight excluding hydrogens is 267 g/mol. The van der Waals surface area contributed by atoms with E-state index in [0.29, 0.717) is 16.8 Å². The third-order valence-corrected chi connectivity index (χ3v) is 2.60. The second-order valence-corrected chi connectivity index (χ2v) is 4.03. The molecule has 1 aromatic heterocycles. The Morgan fingerprint density at radius 1 is 1.06 bits per heavy atom. The summed E-state index contributed by atoms with van der Waals surface area (Å²) in [6, 6.07) is 7.64. The highest BCUT2D eigenvalue weighted by molar-refractivity contribution is 6.30. The van der Waals surface area contributed by atoms with Crippen molar-refractivity contribution >= 4 is 11.6 Å². The number of hydrogen-bond acceptors (Lipinski definition) is 1. The maximum absolute atomic E-state index is 12.4. The van der Waals surface area contributed by atoms with Gasteiger partial charge in [0.1, 0.15) is 0 Å². The fourth-order valence-electron chi connectivity index (χ4n) is 1.47. The van der Waals surface area contributed by atoms with E-state index >= 15 is 0 Å². The Morgan fingerprint density at radius 3 is 2.17 bits per heavy atom. The SMILES string of the molecule is O=c1cc(C(F)(F)F)ccn1-c1ccc(Cl)cc1. The van der Waals surface area contributed by atoms with Crippen LogP contribution in [-0.4, -0.2) is 4.57 Å². The first-order chi connectivity index (χ1) is 8.38. The van der Waals surface area contributed by atoms with Crippen molar-refractivity contribution in [3.8, 4) is 5.69 Å². The van der Waals surface area contributed by atoms with Gasteiger partial charge in [0.15, 0.2) is 0 Å². The number of rotatable bonds is 1. The molecule has 0 atom stereocenters. The Morgan fingerprint density at radius 2 is 1.67 bits per heavy atom. The smallest absolute Gasteiger partial charge is 0.284 e. The van der Waals surface area contributed by atoms with Crippen LogP contribution in [0.3, 0.4) is 0 Å². The van der Waals surface area contributed by atoms with Gasteiger partial charge in [0.2, 0.25) is 0 Å². The number of alkyl halides is 3. The average Bonchev–Trinajstić information content (AvgIpc) is 2.29. The third kappa shape index (κ3) is 2.56. The van der Waals surface area contributed by atoms with Gasteiger partial charge in [-0.05, 0) is 30.3 Å². The zero-order valence-corrected chi connectivity index (χ0v) is 9.66. The monoisotopic (exact) mass is 273 g/mol. The maximum Gasteiger partial charge on any atom is 0.416 e. The van der Waals surface area contributed by atoms with Crippen molar-refractivity contribution in [3.05, 3.63) is 63.5 Å². The van der Waals surface area contributed by atoms with E-state index in [4.69, 9.17) is 11.6 Å². The van der Waals surface area contributed by atoms with Gasteiger partial charge >= 0.3 is 6.18 Å². The van der Waals surface area contributed by atoms with Crippen molar-refractivity contribution in [2.75, 3.05) is 0 Å². The quantitative estimate of drug-likeness (QED) is 0.779. The number of hydrogen-bond donors (Lipinski definition) is 0. The van der Waals surface area contributed by atoms with Crippen LogP contribution in [0.25, 0.3) is 5.69 Å². The molecule has 2 rings (SSSR count). The van der Waals surface area contributed by atoms with Crippen LogP contribution < -0.4 is 5.56 Å².